The fourth-order valence-corrected chi connectivity index (χ4v) is 3.10. The third kappa shape index (κ3) is 3.63. The molecule has 0 aliphatic carbocycles. The van der Waals surface area contributed by atoms with Crippen LogP contribution in [0.1, 0.15) is 16.7 Å². The van der Waals surface area contributed by atoms with Crippen molar-refractivity contribution in [2.75, 3.05) is 32.8 Å². The summed E-state index contributed by atoms with van der Waals surface area (Å²) in [5, 5.41) is 12.0. The Morgan fingerprint density at radius 2 is 2.36 bits per heavy atom. The van der Waals surface area contributed by atoms with Gasteiger partial charge in [-0.25, -0.2) is 4.98 Å². The Bertz CT molecular complexity index is 639. The highest BCUT2D eigenvalue weighted by atomic mass is 32.1. The van der Waals surface area contributed by atoms with Gasteiger partial charge in [0.2, 0.25) is 0 Å². The van der Waals surface area contributed by atoms with Crippen LogP contribution in [0.15, 0.2) is 35.8 Å². The van der Waals surface area contributed by atoms with E-state index < -0.39 is 0 Å². The minimum atomic E-state index is 0.0557. The summed E-state index contributed by atoms with van der Waals surface area (Å²) in [6.07, 6.45) is 1.87. The van der Waals surface area contributed by atoms with Crippen LogP contribution in [0.5, 0.6) is 5.75 Å². The lowest BCUT2D eigenvalue weighted by Crippen LogP contribution is -2.40. The summed E-state index contributed by atoms with van der Waals surface area (Å²) < 4.78 is 11.5. The molecule has 3 rings (SSSR count). The summed E-state index contributed by atoms with van der Waals surface area (Å²) in [5.74, 6) is 0.648. The molecule has 1 atom stereocenters. The molecule has 0 bridgehead atoms. The van der Waals surface area contributed by atoms with Gasteiger partial charge in [0.05, 0.1) is 12.2 Å². The van der Waals surface area contributed by atoms with Gasteiger partial charge in [0.25, 0.3) is 0 Å². The number of morpholine rings is 1. The minimum absolute atomic E-state index is 0.0557. The van der Waals surface area contributed by atoms with E-state index in [0.717, 1.165) is 24.6 Å². The summed E-state index contributed by atoms with van der Waals surface area (Å²) in [5.41, 5.74) is 0.574. The molecule has 1 aromatic carbocycles. The number of aromatic nitrogens is 1. The van der Waals surface area contributed by atoms with Crippen molar-refractivity contribution in [1.82, 2.24) is 9.88 Å². The molecule has 0 spiro atoms. The standard InChI is InChI=1S/C16H17N3O2S/c17-11-13-3-1-2-4-14(13)20-8-6-19-7-9-21-15(12-19)16-18-5-10-22-16/h1-5,10,15H,6-9,12H2. The number of hydrogen-bond donors (Lipinski definition) is 0. The second kappa shape index (κ2) is 7.36. The van der Waals surface area contributed by atoms with Gasteiger partial charge in [-0.2, -0.15) is 5.26 Å². The Morgan fingerprint density at radius 3 is 3.18 bits per heavy atom. The maximum absolute atomic E-state index is 9.04. The smallest absolute Gasteiger partial charge is 0.137 e. The number of para-hydroxylation sites is 1. The number of thiazole rings is 1. The lowest BCUT2D eigenvalue weighted by molar-refractivity contribution is -0.0329. The van der Waals surface area contributed by atoms with E-state index in [4.69, 9.17) is 14.7 Å². The van der Waals surface area contributed by atoms with Gasteiger partial charge in [-0.15, -0.1) is 11.3 Å². The summed E-state index contributed by atoms with van der Waals surface area (Å²) in [6, 6.07) is 9.46. The van der Waals surface area contributed by atoms with E-state index in [9.17, 15) is 0 Å². The van der Waals surface area contributed by atoms with Gasteiger partial charge in [-0.1, -0.05) is 12.1 Å². The molecule has 22 heavy (non-hydrogen) atoms. The van der Waals surface area contributed by atoms with Gasteiger partial charge >= 0.3 is 0 Å². The van der Waals surface area contributed by atoms with Gasteiger partial charge in [0, 0.05) is 31.2 Å². The van der Waals surface area contributed by atoms with Crippen molar-refractivity contribution in [1.29, 1.82) is 5.26 Å². The molecule has 1 aliphatic heterocycles. The monoisotopic (exact) mass is 315 g/mol. The average molecular weight is 315 g/mol. The van der Waals surface area contributed by atoms with Crippen LogP contribution in [0, 0.1) is 11.3 Å². The molecule has 1 saturated heterocycles. The van der Waals surface area contributed by atoms with E-state index >= 15 is 0 Å². The normalized spacial score (nSPS) is 18.8. The van der Waals surface area contributed by atoms with Gasteiger partial charge in [-0.05, 0) is 12.1 Å². The molecule has 0 N–H and O–H groups in total. The molecule has 2 aromatic rings. The van der Waals surface area contributed by atoms with Crippen molar-refractivity contribution in [3.63, 3.8) is 0 Å². The van der Waals surface area contributed by atoms with E-state index in [0.29, 0.717) is 24.5 Å². The number of nitriles is 1. The zero-order chi connectivity index (χ0) is 15.2. The molecule has 1 unspecified atom stereocenters. The van der Waals surface area contributed by atoms with Crippen LogP contribution < -0.4 is 4.74 Å². The van der Waals surface area contributed by atoms with Crippen LogP contribution in [-0.4, -0.2) is 42.7 Å². The van der Waals surface area contributed by atoms with Crippen LogP contribution in [0.4, 0.5) is 0 Å². The van der Waals surface area contributed by atoms with Crippen molar-refractivity contribution in [2.45, 2.75) is 6.10 Å². The fourth-order valence-electron chi connectivity index (χ4n) is 2.42. The van der Waals surface area contributed by atoms with Crippen LogP contribution in [0.3, 0.4) is 0 Å². The van der Waals surface area contributed by atoms with Crippen molar-refractivity contribution in [3.8, 4) is 11.8 Å². The largest absolute Gasteiger partial charge is 0.491 e. The Balaban J connectivity index is 1.50. The maximum atomic E-state index is 9.04. The van der Waals surface area contributed by atoms with Gasteiger partial charge in [-0.3, -0.25) is 4.90 Å². The fraction of sp³-hybridized carbons (Fsp3) is 0.375. The van der Waals surface area contributed by atoms with Crippen molar-refractivity contribution in [3.05, 3.63) is 46.4 Å². The third-order valence-electron chi connectivity index (χ3n) is 3.55. The predicted molar refractivity (Wildman–Crippen MR) is 83.9 cm³/mol. The van der Waals surface area contributed by atoms with Crippen molar-refractivity contribution < 1.29 is 9.47 Å². The maximum Gasteiger partial charge on any atom is 0.137 e. The lowest BCUT2D eigenvalue weighted by atomic mass is 10.2. The first-order valence-electron chi connectivity index (χ1n) is 7.22. The molecule has 2 heterocycles. The topological polar surface area (TPSA) is 58.4 Å². The van der Waals surface area contributed by atoms with Gasteiger partial charge in [0.15, 0.2) is 0 Å². The van der Waals surface area contributed by atoms with Gasteiger partial charge in [0.1, 0.15) is 29.5 Å². The first-order valence-corrected chi connectivity index (χ1v) is 8.10. The lowest BCUT2D eigenvalue weighted by Gasteiger charge is -2.31. The molecule has 1 aliphatic rings. The van der Waals surface area contributed by atoms with Crippen molar-refractivity contribution >= 4 is 11.3 Å². The Hall–Kier alpha value is -1.94. The molecular weight excluding hydrogens is 298 g/mol. The average Bonchev–Trinajstić information content (AvgIpc) is 3.10. The summed E-state index contributed by atoms with van der Waals surface area (Å²) in [6.45, 7) is 3.80. The molecule has 6 heteroatoms. The molecule has 0 amide bonds. The molecule has 0 radical (unpaired) electrons. The quantitative estimate of drug-likeness (QED) is 0.848. The van der Waals surface area contributed by atoms with Crippen LogP contribution >= 0.6 is 11.3 Å². The van der Waals surface area contributed by atoms with E-state index in [2.05, 4.69) is 16.0 Å². The zero-order valence-electron chi connectivity index (χ0n) is 12.1. The second-order valence-electron chi connectivity index (χ2n) is 4.99. The number of benzene rings is 1. The summed E-state index contributed by atoms with van der Waals surface area (Å²) in [7, 11) is 0. The molecular formula is C16H17N3O2S. The highest BCUT2D eigenvalue weighted by molar-refractivity contribution is 7.09. The first kappa shape index (κ1) is 15.0. The summed E-state index contributed by atoms with van der Waals surface area (Å²) in [4.78, 5) is 6.63. The Morgan fingerprint density at radius 1 is 1.45 bits per heavy atom. The Kier molecular flexibility index (Phi) is 5.01. The molecule has 114 valence electrons. The van der Waals surface area contributed by atoms with Crippen LogP contribution in [-0.2, 0) is 4.74 Å². The molecule has 5 nitrogen and oxygen atoms in total. The highest BCUT2D eigenvalue weighted by Gasteiger charge is 2.23. The summed E-state index contributed by atoms with van der Waals surface area (Å²) >= 11 is 1.63. The van der Waals surface area contributed by atoms with Crippen LogP contribution in [0.25, 0.3) is 0 Å². The molecule has 1 aromatic heterocycles. The van der Waals surface area contributed by atoms with Gasteiger partial charge < -0.3 is 9.47 Å². The zero-order valence-corrected chi connectivity index (χ0v) is 13.0. The second-order valence-corrected chi connectivity index (χ2v) is 5.91. The van der Waals surface area contributed by atoms with Crippen LogP contribution in [0.2, 0.25) is 0 Å². The number of nitrogens with zero attached hydrogens (tertiary/aromatic N) is 3. The third-order valence-corrected chi connectivity index (χ3v) is 4.42. The van der Waals surface area contributed by atoms with E-state index in [1.807, 2.05) is 29.8 Å². The Labute approximate surface area is 133 Å². The number of ether oxygens (including phenoxy) is 2. The highest BCUT2D eigenvalue weighted by Crippen LogP contribution is 2.23. The molecule has 0 saturated carbocycles. The predicted octanol–water partition coefficient (Wildman–Crippen LogP) is 2.47. The van der Waals surface area contributed by atoms with Crippen molar-refractivity contribution in [2.24, 2.45) is 0 Å². The van der Waals surface area contributed by atoms with E-state index in [1.165, 1.54) is 0 Å². The number of hydrogen-bond acceptors (Lipinski definition) is 6. The number of rotatable bonds is 5. The minimum Gasteiger partial charge on any atom is -0.491 e. The first-order chi connectivity index (χ1) is 10.9. The van der Waals surface area contributed by atoms with E-state index in [1.54, 1.807) is 17.4 Å². The SMILES string of the molecule is N#Cc1ccccc1OCCN1CCOC(c2nccs2)C1. The van der Waals surface area contributed by atoms with E-state index in [-0.39, 0.29) is 6.10 Å². The molecule has 1 fully saturated rings.